The smallest absolute Gasteiger partial charge is 0.249 e. The fraction of sp³-hybridized carbons (Fsp3) is 0. The van der Waals surface area contributed by atoms with E-state index in [0.29, 0.717) is 0 Å². The first-order valence-electron chi connectivity index (χ1n) is 29.4. The average molecular weight is 1100 g/mol. The lowest BCUT2D eigenvalue weighted by atomic mass is 9.34. The fourth-order valence-electron chi connectivity index (χ4n) is 14.6. The van der Waals surface area contributed by atoms with E-state index in [9.17, 15) is 0 Å². The summed E-state index contributed by atoms with van der Waals surface area (Å²) in [4.78, 5) is 5.19. The Morgan fingerprint density at radius 1 is 0.271 bits per heavy atom. The van der Waals surface area contributed by atoms with E-state index in [1.807, 2.05) is 11.8 Å². The molecule has 0 spiro atoms. The summed E-state index contributed by atoms with van der Waals surface area (Å²) < 4.78 is 4.95. The average Bonchev–Trinajstić information content (AvgIpc) is 1.86. The summed E-state index contributed by atoms with van der Waals surface area (Å²) in [6, 6.07) is 113. The van der Waals surface area contributed by atoms with Gasteiger partial charge in [0.05, 0.1) is 27.8 Å². The molecule has 0 fully saturated rings. The second-order valence-corrected chi connectivity index (χ2v) is 23.7. The Hall–Kier alpha value is -10.6. The summed E-state index contributed by atoms with van der Waals surface area (Å²) in [6.07, 6.45) is 0. The van der Waals surface area contributed by atoms with Gasteiger partial charge in [0, 0.05) is 65.2 Å². The van der Waals surface area contributed by atoms with Gasteiger partial charge < -0.3 is 14.0 Å². The fourth-order valence-corrected chi connectivity index (χ4v) is 15.9. The topological polar surface area (TPSA) is 13.1 Å². The number of aromatic nitrogens is 2. The van der Waals surface area contributed by atoms with Crippen LogP contribution >= 0.6 is 11.8 Å². The highest BCUT2D eigenvalue weighted by atomic mass is 32.2. The number of anilines is 3. The number of fused-ring (bicyclic) bond motifs is 12. The Morgan fingerprint density at radius 3 is 1.15 bits per heavy atom. The summed E-state index contributed by atoms with van der Waals surface area (Å²) in [5.74, 6) is 0. The van der Waals surface area contributed by atoms with E-state index in [0.717, 1.165) is 45.0 Å². The molecule has 0 atom stereocenters. The van der Waals surface area contributed by atoms with Crippen LogP contribution in [0.5, 0.6) is 0 Å². The van der Waals surface area contributed by atoms with Crippen LogP contribution in [0.25, 0.3) is 121 Å². The molecular weight excluding hydrogens is 1050 g/mol. The number of nitrogens with zero attached hydrogens (tertiary/aromatic N) is 3. The van der Waals surface area contributed by atoms with Crippen LogP contribution in [0.2, 0.25) is 0 Å². The van der Waals surface area contributed by atoms with E-state index < -0.39 is 0 Å². The lowest BCUT2D eigenvalue weighted by Gasteiger charge is -2.42. The SMILES string of the molecule is c1ccc(-c2cccc(-c3ccccc3)c2N2c3cc(-n4c5ccccc5c5ccccc54)ccc3B3c4ccc(-n5c6ccccc6c6ccccc65)cc4Sc4cc(-c5c6ccccc6c(-c6ccccc6)c6ccccc56)cc2c43)cc1. The van der Waals surface area contributed by atoms with Crippen molar-refractivity contribution in [2.75, 3.05) is 4.90 Å². The normalized spacial score (nSPS) is 12.6. The van der Waals surface area contributed by atoms with Gasteiger partial charge in [0.2, 0.25) is 6.71 Å². The molecule has 394 valence electrons. The Kier molecular flexibility index (Phi) is 10.7. The molecule has 3 nitrogen and oxygen atoms in total. The minimum absolute atomic E-state index is 0.0982. The van der Waals surface area contributed by atoms with Crippen LogP contribution in [0.4, 0.5) is 17.1 Å². The van der Waals surface area contributed by atoms with Gasteiger partial charge >= 0.3 is 0 Å². The summed E-state index contributed by atoms with van der Waals surface area (Å²) >= 11 is 1.92. The van der Waals surface area contributed by atoms with Crippen molar-refractivity contribution in [2.24, 2.45) is 0 Å². The standard InChI is InChI=1S/C80H50BN3S/c1-4-23-51(24-5-1)57-37-22-38-58(52-25-6-2-7-26-52)80(57)84-73-49-55(82-69-39-18-14-29-59(69)60-30-15-19-40-70(60)82)43-45-67(73)81-68-46-44-56(83-71-41-20-16-31-61(71)62-32-17-21-42-72(62)83)50-75(68)85-76-48-54(47-74(84)79(76)81)78-65-35-12-10-33-63(65)77(53-27-8-3-9-28-53)64-34-11-13-36-66(64)78/h1-50H. The van der Waals surface area contributed by atoms with Crippen molar-refractivity contribution < 1.29 is 0 Å². The number of hydrogen-bond donors (Lipinski definition) is 0. The Bertz CT molecular complexity index is 5190. The summed E-state index contributed by atoms with van der Waals surface area (Å²) in [5, 5.41) is 9.91. The third-order valence-corrected chi connectivity index (χ3v) is 19.3. The first kappa shape index (κ1) is 48.0. The molecular formula is C80H50BN3S. The molecule has 2 aliphatic rings. The van der Waals surface area contributed by atoms with E-state index in [1.165, 1.54) is 119 Å². The van der Waals surface area contributed by atoms with Gasteiger partial charge in [0.25, 0.3) is 0 Å². The summed E-state index contributed by atoms with van der Waals surface area (Å²) in [7, 11) is 0. The monoisotopic (exact) mass is 1100 g/mol. The molecule has 0 amide bonds. The maximum absolute atomic E-state index is 2.68. The van der Waals surface area contributed by atoms with Gasteiger partial charge in [-0.15, -0.1) is 0 Å². The van der Waals surface area contributed by atoms with Crippen LogP contribution in [0, 0.1) is 0 Å². The molecule has 2 aromatic heterocycles. The molecule has 0 N–H and O–H groups in total. The van der Waals surface area contributed by atoms with Gasteiger partial charge in [-0.3, -0.25) is 0 Å². The van der Waals surface area contributed by atoms with Crippen molar-refractivity contribution in [2.45, 2.75) is 9.79 Å². The zero-order chi connectivity index (χ0) is 55.7. The van der Waals surface area contributed by atoms with Gasteiger partial charge in [0.1, 0.15) is 0 Å². The molecule has 2 aliphatic heterocycles. The van der Waals surface area contributed by atoms with Crippen molar-refractivity contribution >= 4 is 117 Å². The quantitative estimate of drug-likeness (QED) is 0.117. The molecule has 0 bridgehead atoms. The first-order valence-corrected chi connectivity index (χ1v) is 30.2. The van der Waals surface area contributed by atoms with Crippen LogP contribution in [-0.4, -0.2) is 15.8 Å². The largest absolute Gasteiger partial charge is 0.310 e. The molecule has 4 heterocycles. The second kappa shape index (κ2) is 19.0. The summed E-state index contributed by atoms with van der Waals surface area (Å²) in [5.41, 5.74) is 23.9. The van der Waals surface area contributed by atoms with Gasteiger partial charge in [-0.25, -0.2) is 0 Å². The van der Waals surface area contributed by atoms with Crippen molar-refractivity contribution in [1.82, 2.24) is 9.13 Å². The predicted octanol–water partition coefficient (Wildman–Crippen LogP) is 19.6. The van der Waals surface area contributed by atoms with Crippen molar-refractivity contribution in [3.63, 3.8) is 0 Å². The third kappa shape index (κ3) is 7.24. The lowest BCUT2D eigenvalue weighted by molar-refractivity contribution is 1.16. The third-order valence-electron chi connectivity index (χ3n) is 18.1. The molecule has 14 aromatic carbocycles. The predicted molar refractivity (Wildman–Crippen MR) is 362 cm³/mol. The zero-order valence-electron chi connectivity index (χ0n) is 46.2. The maximum Gasteiger partial charge on any atom is 0.249 e. The van der Waals surface area contributed by atoms with E-state index in [4.69, 9.17) is 0 Å². The molecule has 0 saturated carbocycles. The molecule has 0 saturated heterocycles. The van der Waals surface area contributed by atoms with E-state index in [2.05, 4.69) is 317 Å². The van der Waals surface area contributed by atoms with Crippen molar-refractivity contribution in [3.05, 3.63) is 303 Å². The van der Waals surface area contributed by atoms with Crippen molar-refractivity contribution in [1.29, 1.82) is 0 Å². The molecule has 18 rings (SSSR count). The highest BCUT2D eigenvalue weighted by molar-refractivity contribution is 8.00. The molecule has 0 unspecified atom stereocenters. The van der Waals surface area contributed by atoms with Gasteiger partial charge in [-0.1, -0.05) is 260 Å². The van der Waals surface area contributed by atoms with E-state index in [-0.39, 0.29) is 6.71 Å². The van der Waals surface area contributed by atoms with E-state index in [1.54, 1.807) is 0 Å². The van der Waals surface area contributed by atoms with E-state index >= 15 is 0 Å². The van der Waals surface area contributed by atoms with Crippen molar-refractivity contribution in [3.8, 4) is 55.9 Å². The molecule has 0 aliphatic carbocycles. The van der Waals surface area contributed by atoms with Crippen LogP contribution < -0.4 is 21.3 Å². The highest BCUT2D eigenvalue weighted by Gasteiger charge is 2.43. The number of benzene rings is 14. The van der Waals surface area contributed by atoms with Gasteiger partial charge in [0.15, 0.2) is 0 Å². The minimum atomic E-state index is -0.0982. The number of hydrogen-bond acceptors (Lipinski definition) is 2. The molecule has 0 radical (unpaired) electrons. The number of rotatable bonds is 7. The maximum atomic E-state index is 2.68. The first-order chi connectivity index (χ1) is 42.2. The minimum Gasteiger partial charge on any atom is -0.310 e. The number of para-hydroxylation sites is 5. The highest BCUT2D eigenvalue weighted by Crippen LogP contribution is 2.53. The Labute approximate surface area is 497 Å². The molecule has 85 heavy (non-hydrogen) atoms. The Balaban J connectivity index is 0.983. The van der Waals surface area contributed by atoms with Crippen LogP contribution in [-0.2, 0) is 0 Å². The van der Waals surface area contributed by atoms with Gasteiger partial charge in [-0.05, 0) is 127 Å². The molecule has 16 aromatic rings. The lowest BCUT2D eigenvalue weighted by Crippen LogP contribution is -2.60. The van der Waals surface area contributed by atoms with Crippen LogP contribution in [0.3, 0.4) is 0 Å². The van der Waals surface area contributed by atoms with Gasteiger partial charge in [-0.2, -0.15) is 0 Å². The Morgan fingerprint density at radius 2 is 0.671 bits per heavy atom. The summed E-state index contributed by atoms with van der Waals surface area (Å²) in [6.45, 7) is -0.0982. The van der Waals surface area contributed by atoms with Crippen LogP contribution in [0.1, 0.15) is 0 Å². The zero-order valence-corrected chi connectivity index (χ0v) is 47.0. The second-order valence-electron chi connectivity index (χ2n) is 22.6. The van der Waals surface area contributed by atoms with Crippen LogP contribution in [0.15, 0.2) is 313 Å². The molecule has 5 heteroatoms.